The van der Waals surface area contributed by atoms with Crippen LogP contribution in [0.5, 0.6) is 0 Å². The number of aromatic carboxylic acids is 2. The molecule has 0 fully saturated rings. The van der Waals surface area contributed by atoms with E-state index < -0.39 is 52.1 Å². The topological polar surface area (TPSA) is 74.6 Å². The highest BCUT2D eigenvalue weighted by atomic mass is 19.4. The van der Waals surface area contributed by atoms with Gasteiger partial charge >= 0.3 is 24.3 Å². The molecular formula is C16H8F6O4. The summed E-state index contributed by atoms with van der Waals surface area (Å²) in [5.41, 5.74) is -9.27. The zero-order valence-corrected chi connectivity index (χ0v) is 12.4. The first kappa shape index (κ1) is 19.3. The lowest BCUT2D eigenvalue weighted by Crippen LogP contribution is -2.24. The third-order valence-corrected chi connectivity index (χ3v) is 3.43. The molecule has 0 aromatic heterocycles. The van der Waals surface area contributed by atoms with E-state index in [0.29, 0.717) is 0 Å². The van der Waals surface area contributed by atoms with E-state index in [-0.39, 0.29) is 11.6 Å². The molecule has 0 amide bonds. The fraction of sp³-hybridized carbons (Fsp3) is 0.125. The van der Waals surface area contributed by atoms with Gasteiger partial charge in [-0.2, -0.15) is 26.3 Å². The standard InChI is InChI=1S/C16H8F6O4/c17-15(18,19)9-6-8(7-4-2-1-3-5-7)12(16(20,21)22)11(14(25)26)10(9)13(23)24/h1-6H,(H,23,24)(H,25,26). The van der Waals surface area contributed by atoms with Gasteiger partial charge in [0.2, 0.25) is 0 Å². The number of carbonyl (C=O) groups is 2. The summed E-state index contributed by atoms with van der Waals surface area (Å²) < 4.78 is 80.2. The molecule has 2 N–H and O–H groups in total. The predicted molar refractivity (Wildman–Crippen MR) is 75.8 cm³/mol. The fourth-order valence-electron chi connectivity index (χ4n) is 2.48. The van der Waals surface area contributed by atoms with Gasteiger partial charge in [-0.1, -0.05) is 30.3 Å². The van der Waals surface area contributed by atoms with Gasteiger partial charge in [0, 0.05) is 0 Å². The van der Waals surface area contributed by atoms with Crippen LogP contribution in [0, 0.1) is 0 Å². The molecule has 0 atom stereocenters. The van der Waals surface area contributed by atoms with Crippen molar-refractivity contribution >= 4 is 11.9 Å². The van der Waals surface area contributed by atoms with Crippen LogP contribution >= 0.6 is 0 Å². The number of carboxylic acids is 2. The second-order valence-electron chi connectivity index (χ2n) is 5.07. The molecule has 4 nitrogen and oxygen atoms in total. The monoisotopic (exact) mass is 378 g/mol. The molecule has 0 radical (unpaired) electrons. The average molecular weight is 378 g/mol. The summed E-state index contributed by atoms with van der Waals surface area (Å²) in [7, 11) is 0. The van der Waals surface area contributed by atoms with E-state index >= 15 is 0 Å². The molecule has 0 unspecified atom stereocenters. The molecule has 2 rings (SSSR count). The van der Waals surface area contributed by atoms with Gasteiger partial charge in [-0.15, -0.1) is 0 Å². The number of alkyl halides is 6. The van der Waals surface area contributed by atoms with Crippen LogP contribution in [0.4, 0.5) is 26.3 Å². The van der Waals surface area contributed by atoms with E-state index in [1.807, 2.05) is 0 Å². The van der Waals surface area contributed by atoms with Gasteiger partial charge < -0.3 is 10.2 Å². The Bertz CT molecular complexity index is 869. The number of benzene rings is 2. The minimum atomic E-state index is -5.41. The lowest BCUT2D eigenvalue weighted by Gasteiger charge is -2.21. The minimum absolute atomic E-state index is 0.00799. The lowest BCUT2D eigenvalue weighted by molar-refractivity contribution is -0.141. The Kier molecular flexibility index (Phi) is 4.71. The van der Waals surface area contributed by atoms with Gasteiger partial charge in [-0.05, 0) is 17.2 Å². The molecule has 10 heteroatoms. The molecule has 26 heavy (non-hydrogen) atoms. The van der Waals surface area contributed by atoms with Crippen LogP contribution < -0.4 is 0 Å². The van der Waals surface area contributed by atoms with Crippen LogP contribution in [-0.2, 0) is 12.4 Å². The van der Waals surface area contributed by atoms with Crippen molar-refractivity contribution in [3.8, 4) is 11.1 Å². The molecule has 138 valence electrons. The van der Waals surface area contributed by atoms with Crippen molar-refractivity contribution in [2.75, 3.05) is 0 Å². The van der Waals surface area contributed by atoms with Crippen molar-refractivity contribution in [1.82, 2.24) is 0 Å². The fourth-order valence-corrected chi connectivity index (χ4v) is 2.48. The van der Waals surface area contributed by atoms with Gasteiger partial charge in [-0.3, -0.25) is 0 Å². The van der Waals surface area contributed by atoms with E-state index in [1.165, 1.54) is 18.2 Å². The van der Waals surface area contributed by atoms with Gasteiger partial charge in [0.1, 0.15) is 0 Å². The molecule has 0 saturated heterocycles. The van der Waals surface area contributed by atoms with Crippen LogP contribution in [0.25, 0.3) is 11.1 Å². The summed E-state index contributed by atoms with van der Waals surface area (Å²) in [6.07, 6.45) is -10.8. The van der Waals surface area contributed by atoms with Crippen LogP contribution in [0.1, 0.15) is 31.8 Å². The van der Waals surface area contributed by atoms with Crippen LogP contribution in [-0.4, -0.2) is 22.2 Å². The van der Waals surface area contributed by atoms with Crippen LogP contribution in [0.3, 0.4) is 0 Å². The van der Waals surface area contributed by atoms with E-state index in [2.05, 4.69) is 0 Å². The van der Waals surface area contributed by atoms with Gasteiger partial charge in [0.15, 0.2) is 0 Å². The Morgan fingerprint density at radius 3 is 1.65 bits per heavy atom. The largest absolute Gasteiger partial charge is 0.478 e. The Morgan fingerprint density at radius 1 is 0.769 bits per heavy atom. The average Bonchev–Trinajstić information content (AvgIpc) is 2.51. The van der Waals surface area contributed by atoms with E-state index in [4.69, 9.17) is 10.2 Å². The molecule has 0 aliphatic heterocycles. The SMILES string of the molecule is O=C(O)c1c(C(F)(F)F)cc(-c2ccccc2)c(C(F)(F)F)c1C(=O)O. The van der Waals surface area contributed by atoms with Crippen molar-refractivity contribution in [2.24, 2.45) is 0 Å². The lowest BCUT2D eigenvalue weighted by atomic mass is 9.87. The van der Waals surface area contributed by atoms with Crippen molar-refractivity contribution in [3.05, 3.63) is 58.7 Å². The van der Waals surface area contributed by atoms with Crippen LogP contribution in [0.15, 0.2) is 36.4 Å². The quantitative estimate of drug-likeness (QED) is 0.754. The summed E-state index contributed by atoms with van der Waals surface area (Å²) in [5, 5.41) is 18.1. The number of carboxylic acid groups (broad SMARTS) is 2. The third kappa shape index (κ3) is 3.48. The first-order valence-corrected chi connectivity index (χ1v) is 6.73. The number of hydrogen-bond acceptors (Lipinski definition) is 2. The van der Waals surface area contributed by atoms with Crippen molar-refractivity contribution in [1.29, 1.82) is 0 Å². The van der Waals surface area contributed by atoms with Crippen molar-refractivity contribution in [2.45, 2.75) is 12.4 Å². The van der Waals surface area contributed by atoms with E-state index in [0.717, 1.165) is 12.1 Å². The van der Waals surface area contributed by atoms with Gasteiger partial charge in [-0.25, -0.2) is 9.59 Å². The zero-order chi connectivity index (χ0) is 19.9. The first-order valence-electron chi connectivity index (χ1n) is 6.73. The highest BCUT2D eigenvalue weighted by Gasteiger charge is 2.46. The second-order valence-corrected chi connectivity index (χ2v) is 5.07. The molecule has 0 saturated carbocycles. The molecule has 0 spiro atoms. The van der Waals surface area contributed by atoms with Crippen LogP contribution in [0.2, 0.25) is 0 Å². The maximum atomic E-state index is 13.5. The maximum absolute atomic E-state index is 13.5. The third-order valence-electron chi connectivity index (χ3n) is 3.43. The summed E-state index contributed by atoms with van der Waals surface area (Å²) in [6.45, 7) is 0. The first-order chi connectivity index (χ1) is 11.9. The summed E-state index contributed by atoms with van der Waals surface area (Å²) >= 11 is 0. The Labute approximate surface area is 141 Å². The number of halogens is 6. The highest BCUT2D eigenvalue weighted by Crippen LogP contribution is 2.45. The van der Waals surface area contributed by atoms with Crippen molar-refractivity contribution in [3.63, 3.8) is 0 Å². The highest BCUT2D eigenvalue weighted by molar-refractivity contribution is 6.06. The smallest absolute Gasteiger partial charge is 0.417 e. The molecule has 2 aromatic carbocycles. The van der Waals surface area contributed by atoms with Gasteiger partial charge in [0.05, 0.1) is 22.3 Å². The maximum Gasteiger partial charge on any atom is 0.417 e. The molecule has 0 aliphatic carbocycles. The molecule has 0 bridgehead atoms. The molecule has 0 heterocycles. The predicted octanol–water partition coefficient (Wildman–Crippen LogP) is 4.79. The number of hydrogen-bond donors (Lipinski definition) is 2. The van der Waals surface area contributed by atoms with E-state index in [9.17, 15) is 35.9 Å². The van der Waals surface area contributed by atoms with Gasteiger partial charge in [0.25, 0.3) is 0 Å². The Morgan fingerprint density at radius 2 is 1.27 bits per heavy atom. The Hall–Kier alpha value is -3.04. The molecular weight excluding hydrogens is 370 g/mol. The zero-order valence-electron chi connectivity index (χ0n) is 12.4. The van der Waals surface area contributed by atoms with Crippen molar-refractivity contribution < 1.29 is 46.1 Å². The summed E-state index contributed by atoms with van der Waals surface area (Å²) in [4.78, 5) is 22.5. The minimum Gasteiger partial charge on any atom is -0.478 e. The normalized spacial score (nSPS) is 12.1. The summed E-state index contributed by atoms with van der Waals surface area (Å²) in [5.74, 6) is -4.86. The Balaban J connectivity index is 3.13. The molecule has 0 aliphatic rings. The second kappa shape index (κ2) is 6.36. The molecule has 2 aromatic rings. The number of rotatable bonds is 3. The van der Waals surface area contributed by atoms with E-state index in [1.54, 1.807) is 0 Å². The summed E-state index contributed by atoms with van der Waals surface area (Å²) in [6, 6.07) is 6.00.